The first-order valence-electron chi connectivity index (χ1n) is 7.66. The van der Waals surface area contributed by atoms with Gasteiger partial charge in [0.25, 0.3) is 0 Å². The molecule has 2 aromatic carbocycles. The third kappa shape index (κ3) is 3.76. The van der Waals surface area contributed by atoms with Crippen LogP contribution in [0.5, 0.6) is 0 Å². The van der Waals surface area contributed by atoms with Crippen LogP contribution in [0.2, 0.25) is 0 Å². The summed E-state index contributed by atoms with van der Waals surface area (Å²) in [5, 5.41) is 4.10. The Morgan fingerprint density at radius 1 is 1.00 bits per heavy atom. The number of hydrogen-bond donors (Lipinski definition) is 1. The molecule has 26 heavy (non-hydrogen) atoms. The van der Waals surface area contributed by atoms with Gasteiger partial charge in [0, 0.05) is 27.9 Å². The molecule has 4 aromatic rings. The zero-order valence-electron chi connectivity index (χ0n) is 13.2. The lowest BCUT2D eigenvalue weighted by atomic mass is 10.2. The third-order valence-electron chi connectivity index (χ3n) is 3.72. The molecule has 0 fully saturated rings. The van der Waals surface area contributed by atoms with Gasteiger partial charge in [-0.25, -0.2) is 4.98 Å². The van der Waals surface area contributed by atoms with Crippen molar-refractivity contribution in [1.29, 1.82) is 0 Å². The highest BCUT2D eigenvalue weighted by atomic mass is 32.2. The number of aromatic nitrogens is 2. The van der Waals surface area contributed by atoms with Crippen molar-refractivity contribution in [2.24, 2.45) is 0 Å². The van der Waals surface area contributed by atoms with E-state index in [1.807, 2.05) is 24.3 Å². The average Bonchev–Trinajstić information content (AvgIpc) is 3.07. The molecular weight excluding hydrogens is 379 g/mol. The van der Waals surface area contributed by atoms with E-state index in [1.54, 1.807) is 41.2 Å². The van der Waals surface area contributed by atoms with Crippen molar-refractivity contribution < 1.29 is 13.2 Å². The molecule has 0 unspecified atom stereocenters. The molecule has 0 saturated carbocycles. The number of hydrogen-bond acceptors (Lipinski definition) is 5. The van der Waals surface area contributed by atoms with E-state index < -0.39 is 11.9 Å². The van der Waals surface area contributed by atoms with Gasteiger partial charge in [-0.3, -0.25) is 4.98 Å². The van der Waals surface area contributed by atoms with Gasteiger partial charge in [0.2, 0.25) is 0 Å². The largest absolute Gasteiger partial charge is 0.398 e. The fraction of sp³-hybridized carbons (Fsp3) is 0.111. The van der Waals surface area contributed by atoms with Crippen molar-refractivity contribution in [2.45, 2.75) is 11.1 Å². The highest BCUT2D eigenvalue weighted by molar-refractivity contribution is 7.99. The first kappa shape index (κ1) is 17.1. The van der Waals surface area contributed by atoms with Crippen molar-refractivity contribution in [3.63, 3.8) is 0 Å². The quantitative estimate of drug-likeness (QED) is 0.418. The minimum Gasteiger partial charge on any atom is -0.355 e. The van der Waals surface area contributed by atoms with E-state index in [2.05, 4.69) is 15.3 Å². The van der Waals surface area contributed by atoms with Gasteiger partial charge in [-0.2, -0.15) is 13.2 Å². The summed E-state index contributed by atoms with van der Waals surface area (Å²) < 4.78 is 38.5. The molecule has 3 nitrogen and oxygen atoms in total. The van der Waals surface area contributed by atoms with Crippen LogP contribution in [0, 0.1) is 0 Å². The Morgan fingerprint density at radius 2 is 1.88 bits per heavy atom. The number of thiazole rings is 1. The molecule has 8 heteroatoms. The molecule has 2 heterocycles. The van der Waals surface area contributed by atoms with Crippen LogP contribution in [0.4, 0.5) is 24.5 Å². The zero-order valence-corrected chi connectivity index (χ0v) is 14.9. The lowest BCUT2D eigenvalue weighted by Crippen LogP contribution is -2.10. The second-order valence-corrected chi connectivity index (χ2v) is 7.54. The van der Waals surface area contributed by atoms with Crippen LogP contribution in [0.25, 0.3) is 21.1 Å². The summed E-state index contributed by atoms with van der Waals surface area (Å²) in [4.78, 5) is 9.15. The predicted octanol–water partition coefficient (Wildman–Crippen LogP) is 6.24. The molecular formula is C18H12F3N3S2. The summed E-state index contributed by atoms with van der Waals surface area (Å²) >= 11 is 2.34. The number of anilines is 2. The summed E-state index contributed by atoms with van der Waals surface area (Å²) in [5.41, 5.74) is 5.07. The van der Waals surface area contributed by atoms with Crippen LogP contribution in [0.15, 0.2) is 59.1 Å². The average molecular weight is 391 g/mol. The van der Waals surface area contributed by atoms with Gasteiger partial charge in [0.15, 0.2) is 0 Å². The first-order chi connectivity index (χ1) is 12.5. The molecule has 2 aromatic heterocycles. The summed E-state index contributed by atoms with van der Waals surface area (Å²) in [6, 6.07) is 12.8. The van der Waals surface area contributed by atoms with Gasteiger partial charge >= 0.3 is 6.18 Å². The second kappa shape index (κ2) is 6.77. The van der Waals surface area contributed by atoms with Crippen molar-refractivity contribution in [3.05, 3.63) is 54.2 Å². The number of thioether (sulfide) groups is 1. The van der Waals surface area contributed by atoms with Crippen LogP contribution in [0.3, 0.4) is 0 Å². The topological polar surface area (TPSA) is 37.8 Å². The van der Waals surface area contributed by atoms with Crippen molar-refractivity contribution in [1.82, 2.24) is 9.97 Å². The molecule has 4 rings (SSSR count). The number of rotatable bonds is 4. The minimum absolute atomic E-state index is 0.556. The smallest absolute Gasteiger partial charge is 0.355 e. The highest BCUT2D eigenvalue weighted by Gasteiger charge is 2.27. The van der Waals surface area contributed by atoms with Gasteiger partial charge in [0.05, 0.1) is 27.0 Å². The van der Waals surface area contributed by atoms with Crippen molar-refractivity contribution >= 4 is 55.6 Å². The SMILES string of the molecule is FC(F)(F)CSc1ccc2nccc(Nc3ccc4scnc4c3)c2c1. The normalized spacial score (nSPS) is 12.0. The number of fused-ring (bicyclic) bond motifs is 2. The fourth-order valence-corrected chi connectivity index (χ4v) is 3.93. The van der Waals surface area contributed by atoms with Crippen LogP contribution in [0.1, 0.15) is 0 Å². The van der Waals surface area contributed by atoms with Crippen LogP contribution >= 0.6 is 23.1 Å². The Labute approximate surface area is 155 Å². The number of benzene rings is 2. The van der Waals surface area contributed by atoms with Crippen molar-refractivity contribution in [3.8, 4) is 0 Å². The molecule has 1 N–H and O–H groups in total. The third-order valence-corrected chi connectivity index (χ3v) is 5.59. The predicted molar refractivity (Wildman–Crippen MR) is 101 cm³/mol. The molecule has 132 valence electrons. The maximum Gasteiger partial charge on any atom is 0.398 e. The number of nitrogens with zero attached hydrogens (tertiary/aromatic N) is 2. The number of nitrogens with one attached hydrogen (secondary N) is 1. The number of pyridine rings is 1. The number of halogens is 3. The van der Waals surface area contributed by atoms with E-state index in [9.17, 15) is 13.2 Å². The van der Waals surface area contributed by atoms with Crippen LogP contribution in [-0.2, 0) is 0 Å². The van der Waals surface area contributed by atoms with E-state index >= 15 is 0 Å². The summed E-state index contributed by atoms with van der Waals surface area (Å²) in [6.07, 6.45) is -2.52. The maximum atomic E-state index is 12.5. The van der Waals surface area contributed by atoms with Gasteiger partial charge in [-0.1, -0.05) is 0 Å². The molecule has 0 radical (unpaired) electrons. The van der Waals surface area contributed by atoms with Gasteiger partial charge in [-0.05, 0) is 42.5 Å². The standard InChI is InChI=1S/C18H12F3N3S2/c19-18(20,21)9-25-12-2-3-14-13(8-12)15(5-6-22-14)24-11-1-4-17-16(7-11)23-10-26-17/h1-8,10H,9H2,(H,22,24). The molecule has 0 amide bonds. The lowest BCUT2D eigenvalue weighted by Gasteiger charge is -2.11. The highest BCUT2D eigenvalue weighted by Crippen LogP contribution is 2.32. The monoisotopic (exact) mass is 391 g/mol. The van der Waals surface area contributed by atoms with E-state index in [4.69, 9.17) is 0 Å². The van der Waals surface area contributed by atoms with Crippen LogP contribution < -0.4 is 5.32 Å². The van der Waals surface area contributed by atoms with Crippen molar-refractivity contribution in [2.75, 3.05) is 11.1 Å². The van der Waals surface area contributed by atoms with Gasteiger partial charge < -0.3 is 5.32 Å². The number of alkyl halides is 3. The van der Waals surface area contributed by atoms with Gasteiger partial charge in [-0.15, -0.1) is 23.1 Å². The molecule has 0 saturated heterocycles. The van der Waals surface area contributed by atoms with Crippen LogP contribution in [-0.4, -0.2) is 21.9 Å². The van der Waals surface area contributed by atoms with Gasteiger partial charge in [0.1, 0.15) is 0 Å². The molecule has 0 aliphatic rings. The summed E-state index contributed by atoms with van der Waals surface area (Å²) in [7, 11) is 0. The first-order valence-corrected chi connectivity index (χ1v) is 9.53. The Bertz CT molecular complexity index is 1080. The van der Waals surface area contributed by atoms with E-state index in [0.717, 1.165) is 44.3 Å². The molecule has 0 bridgehead atoms. The Balaban J connectivity index is 1.67. The molecule has 0 atom stereocenters. The fourth-order valence-electron chi connectivity index (χ4n) is 2.58. The molecule has 0 spiro atoms. The van der Waals surface area contributed by atoms with E-state index in [0.29, 0.717) is 4.90 Å². The Kier molecular flexibility index (Phi) is 4.46. The van der Waals surface area contributed by atoms with E-state index in [-0.39, 0.29) is 0 Å². The summed E-state index contributed by atoms with van der Waals surface area (Å²) in [6.45, 7) is 0. The Hall–Kier alpha value is -2.32. The zero-order chi connectivity index (χ0) is 18.1. The Morgan fingerprint density at radius 3 is 2.73 bits per heavy atom. The molecule has 0 aliphatic heterocycles. The summed E-state index contributed by atoms with van der Waals surface area (Å²) in [5.74, 6) is -0.915. The molecule has 0 aliphatic carbocycles. The minimum atomic E-state index is -4.20. The van der Waals surface area contributed by atoms with E-state index in [1.165, 1.54) is 0 Å². The second-order valence-electron chi connectivity index (χ2n) is 5.60. The maximum absolute atomic E-state index is 12.5. The lowest BCUT2D eigenvalue weighted by molar-refractivity contribution is -0.105.